The summed E-state index contributed by atoms with van der Waals surface area (Å²) in [5.41, 5.74) is 0. The number of carbonyl (C=O) groups excluding carboxylic acids is 1. The molecule has 86 valence electrons. The maximum atomic E-state index is 11.5. The second kappa shape index (κ2) is 8.25. The summed E-state index contributed by atoms with van der Waals surface area (Å²) in [5, 5.41) is 8.49. The predicted molar refractivity (Wildman–Crippen MR) is 58.1 cm³/mol. The van der Waals surface area contributed by atoms with Gasteiger partial charge in [0.25, 0.3) is 0 Å². The molecule has 0 fully saturated rings. The average molecular weight is 212 g/mol. The molecule has 0 aromatic heterocycles. The number of amides is 1. The van der Waals surface area contributed by atoms with Crippen molar-refractivity contribution in [2.75, 3.05) is 26.3 Å². The van der Waals surface area contributed by atoms with E-state index in [-0.39, 0.29) is 12.5 Å². The predicted octanol–water partition coefficient (Wildman–Crippen LogP) is 1.42. The standard InChI is InChI=1S/C11H20N2O2/c1-4-13(7-6-12)11(14)5-8-15-9-10(2)3/h10H,4-5,7-9H2,1-3H3. The zero-order chi connectivity index (χ0) is 11.7. The summed E-state index contributed by atoms with van der Waals surface area (Å²) >= 11 is 0. The van der Waals surface area contributed by atoms with Crippen LogP contribution in [0.4, 0.5) is 0 Å². The summed E-state index contributed by atoms with van der Waals surface area (Å²) < 4.78 is 5.31. The van der Waals surface area contributed by atoms with Crippen molar-refractivity contribution < 1.29 is 9.53 Å². The Morgan fingerprint density at radius 3 is 2.67 bits per heavy atom. The van der Waals surface area contributed by atoms with Gasteiger partial charge in [-0.25, -0.2) is 0 Å². The highest BCUT2D eigenvalue weighted by Crippen LogP contribution is 1.97. The van der Waals surface area contributed by atoms with Crippen LogP contribution in [0.1, 0.15) is 27.2 Å². The highest BCUT2D eigenvalue weighted by molar-refractivity contribution is 5.76. The lowest BCUT2D eigenvalue weighted by molar-refractivity contribution is -0.131. The van der Waals surface area contributed by atoms with Crippen LogP contribution in [0, 0.1) is 17.2 Å². The van der Waals surface area contributed by atoms with Crippen LogP contribution in [0.25, 0.3) is 0 Å². The van der Waals surface area contributed by atoms with E-state index in [0.717, 1.165) is 0 Å². The Labute approximate surface area is 91.8 Å². The molecule has 0 aromatic rings. The Morgan fingerprint density at radius 1 is 1.53 bits per heavy atom. The second-order valence-electron chi connectivity index (χ2n) is 3.78. The molecule has 0 rings (SSSR count). The lowest BCUT2D eigenvalue weighted by Gasteiger charge is -2.17. The number of ether oxygens (including phenoxy) is 1. The molecule has 0 aromatic carbocycles. The van der Waals surface area contributed by atoms with E-state index in [1.807, 2.05) is 13.0 Å². The molecule has 0 bridgehead atoms. The lowest BCUT2D eigenvalue weighted by atomic mass is 10.2. The van der Waals surface area contributed by atoms with Crippen LogP contribution in [0.15, 0.2) is 0 Å². The van der Waals surface area contributed by atoms with E-state index in [0.29, 0.717) is 32.1 Å². The minimum atomic E-state index is -0.0113. The molecular formula is C11H20N2O2. The number of rotatable bonds is 7. The first-order valence-corrected chi connectivity index (χ1v) is 5.34. The van der Waals surface area contributed by atoms with Crippen molar-refractivity contribution in [3.8, 4) is 6.07 Å². The third kappa shape index (κ3) is 6.92. The van der Waals surface area contributed by atoms with E-state index in [1.54, 1.807) is 0 Å². The van der Waals surface area contributed by atoms with Gasteiger partial charge in [-0.05, 0) is 12.8 Å². The number of hydrogen-bond donors (Lipinski definition) is 0. The zero-order valence-corrected chi connectivity index (χ0v) is 9.82. The molecule has 4 nitrogen and oxygen atoms in total. The molecule has 0 heterocycles. The van der Waals surface area contributed by atoms with Gasteiger partial charge in [0.1, 0.15) is 6.54 Å². The molecule has 1 amide bonds. The van der Waals surface area contributed by atoms with Gasteiger partial charge in [-0.3, -0.25) is 4.79 Å². The highest BCUT2D eigenvalue weighted by Gasteiger charge is 2.10. The van der Waals surface area contributed by atoms with Crippen molar-refractivity contribution in [3.05, 3.63) is 0 Å². The Bertz CT molecular complexity index is 221. The van der Waals surface area contributed by atoms with Crippen LogP contribution in [-0.4, -0.2) is 37.1 Å². The quantitative estimate of drug-likeness (QED) is 0.473. The fourth-order valence-electron chi connectivity index (χ4n) is 1.10. The van der Waals surface area contributed by atoms with Crippen LogP contribution in [0.3, 0.4) is 0 Å². The number of carbonyl (C=O) groups is 1. The Hall–Kier alpha value is -1.08. The summed E-state index contributed by atoms with van der Waals surface area (Å²) in [6.07, 6.45) is 0.363. The molecule has 4 heteroatoms. The van der Waals surface area contributed by atoms with Gasteiger partial charge in [0.15, 0.2) is 0 Å². The highest BCUT2D eigenvalue weighted by atomic mass is 16.5. The van der Waals surface area contributed by atoms with Gasteiger partial charge >= 0.3 is 0 Å². The normalized spacial score (nSPS) is 10.1. The Morgan fingerprint density at radius 2 is 2.20 bits per heavy atom. The second-order valence-corrected chi connectivity index (χ2v) is 3.78. The molecular weight excluding hydrogens is 192 g/mol. The van der Waals surface area contributed by atoms with Gasteiger partial charge < -0.3 is 9.64 Å². The molecule has 0 saturated heterocycles. The molecule has 0 N–H and O–H groups in total. The first-order valence-electron chi connectivity index (χ1n) is 5.34. The largest absolute Gasteiger partial charge is 0.381 e. The van der Waals surface area contributed by atoms with Crippen LogP contribution >= 0.6 is 0 Å². The van der Waals surface area contributed by atoms with Crippen molar-refractivity contribution in [3.63, 3.8) is 0 Å². The summed E-state index contributed by atoms with van der Waals surface area (Å²) in [4.78, 5) is 13.0. The Balaban J connectivity index is 3.67. The van der Waals surface area contributed by atoms with E-state index in [4.69, 9.17) is 10.00 Å². The molecule has 0 spiro atoms. The van der Waals surface area contributed by atoms with Crippen molar-refractivity contribution in [1.29, 1.82) is 5.26 Å². The topological polar surface area (TPSA) is 53.3 Å². The van der Waals surface area contributed by atoms with Gasteiger partial charge in [-0.15, -0.1) is 0 Å². The van der Waals surface area contributed by atoms with Crippen LogP contribution in [0.5, 0.6) is 0 Å². The van der Waals surface area contributed by atoms with Gasteiger partial charge in [-0.1, -0.05) is 13.8 Å². The van der Waals surface area contributed by atoms with E-state index in [2.05, 4.69) is 13.8 Å². The van der Waals surface area contributed by atoms with E-state index in [9.17, 15) is 4.79 Å². The molecule has 0 aliphatic carbocycles. The van der Waals surface area contributed by atoms with Crippen molar-refractivity contribution in [1.82, 2.24) is 4.90 Å². The maximum Gasteiger partial charge on any atom is 0.225 e. The fourth-order valence-corrected chi connectivity index (χ4v) is 1.10. The van der Waals surface area contributed by atoms with E-state index < -0.39 is 0 Å². The summed E-state index contributed by atoms with van der Waals surface area (Å²) in [6.45, 7) is 7.86. The van der Waals surface area contributed by atoms with Gasteiger partial charge in [-0.2, -0.15) is 5.26 Å². The molecule has 0 saturated carbocycles. The number of nitriles is 1. The van der Waals surface area contributed by atoms with E-state index >= 15 is 0 Å². The molecule has 0 radical (unpaired) electrons. The SMILES string of the molecule is CCN(CC#N)C(=O)CCOCC(C)C. The van der Waals surface area contributed by atoms with E-state index in [1.165, 1.54) is 4.90 Å². The smallest absolute Gasteiger partial charge is 0.225 e. The fraction of sp³-hybridized carbons (Fsp3) is 0.818. The third-order valence-electron chi connectivity index (χ3n) is 1.91. The third-order valence-corrected chi connectivity index (χ3v) is 1.91. The van der Waals surface area contributed by atoms with Crippen molar-refractivity contribution >= 4 is 5.91 Å². The summed E-state index contributed by atoms with van der Waals surface area (Å²) in [6, 6.07) is 1.97. The van der Waals surface area contributed by atoms with Gasteiger partial charge in [0.05, 0.1) is 19.1 Å². The summed E-state index contributed by atoms with van der Waals surface area (Å²) in [7, 11) is 0. The zero-order valence-electron chi connectivity index (χ0n) is 9.82. The first kappa shape index (κ1) is 13.9. The van der Waals surface area contributed by atoms with Crippen LogP contribution < -0.4 is 0 Å². The first-order chi connectivity index (χ1) is 7.11. The minimum Gasteiger partial charge on any atom is -0.381 e. The summed E-state index contributed by atoms with van der Waals surface area (Å²) in [5.74, 6) is 0.476. The van der Waals surface area contributed by atoms with Crippen molar-refractivity contribution in [2.24, 2.45) is 5.92 Å². The molecule has 0 aliphatic heterocycles. The number of hydrogen-bond acceptors (Lipinski definition) is 3. The Kier molecular flexibility index (Phi) is 7.65. The van der Waals surface area contributed by atoms with Gasteiger partial charge in [0.2, 0.25) is 5.91 Å². The number of nitrogens with zero attached hydrogens (tertiary/aromatic N) is 2. The van der Waals surface area contributed by atoms with Crippen LogP contribution in [-0.2, 0) is 9.53 Å². The monoisotopic (exact) mass is 212 g/mol. The van der Waals surface area contributed by atoms with Gasteiger partial charge in [0, 0.05) is 13.2 Å². The molecule has 0 atom stereocenters. The maximum absolute atomic E-state index is 11.5. The van der Waals surface area contributed by atoms with Crippen LogP contribution in [0.2, 0.25) is 0 Å². The average Bonchev–Trinajstić information content (AvgIpc) is 2.20. The molecule has 0 aliphatic rings. The molecule has 0 unspecified atom stereocenters. The lowest BCUT2D eigenvalue weighted by Crippen LogP contribution is -2.31. The van der Waals surface area contributed by atoms with Crippen molar-refractivity contribution in [2.45, 2.75) is 27.2 Å². The molecule has 15 heavy (non-hydrogen) atoms. The minimum absolute atomic E-state index is 0.0113.